The predicted molar refractivity (Wildman–Crippen MR) is 52.2 cm³/mol. The Balaban J connectivity index is 2.32. The third-order valence-electron chi connectivity index (χ3n) is 2.34. The van der Waals surface area contributed by atoms with Gasteiger partial charge in [0.05, 0.1) is 6.20 Å². The number of nitrogens with one attached hydrogen (secondary N) is 1. The number of aromatic amines is 1. The minimum Gasteiger partial charge on any atom is -0.266 e. The van der Waals surface area contributed by atoms with Crippen molar-refractivity contribution in [3.63, 3.8) is 0 Å². The highest BCUT2D eigenvalue weighted by molar-refractivity contribution is 7.19. The van der Waals surface area contributed by atoms with E-state index in [9.17, 15) is 4.79 Å². The molecule has 1 aliphatic rings. The molecule has 3 nitrogen and oxygen atoms in total. The van der Waals surface area contributed by atoms with Gasteiger partial charge in [0.15, 0.2) is 0 Å². The van der Waals surface area contributed by atoms with Crippen molar-refractivity contribution < 1.29 is 0 Å². The van der Waals surface area contributed by atoms with Gasteiger partial charge >= 0.3 is 0 Å². The van der Waals surface area contributed by atoms with Crippen molar-refractivity contribution in [3.05, 3.63) is 27.5 Å². The van der Waals surface area contributed by atoms with Crippen molar-refractivity contribution in [1.82, 2.24) is 10.2 Å². The molecule has 2 aromatic heterocycles. The Morgan fingerprint density at radius 3 is 3.08 bits per heavy atom. The molecule has 0 atom stereocenters. The quantitative estimate of drug-likeness (QED) is 0.749. The Kier molecular flexibility index (Phi) is 1.35. The zero-order chi connectivity index (χ0) is 8.84. The molecule has 1 N–H and O–H groups in total. The maximum Gasteiger partial charge on any atom is 0.282 e. The minimum atomic E-state index is -0.0607. The zero-order valence-electron chi connectivity index (χ0n) is 6.91. The normalized spacial score (nSPS) is 16.6. The van der Waals surface area contributed by atoms with Gasteiger partial charge in [-0.2, -0.15) is 5.10 Å². The molecular weight excluding hydrogens is 184 g/mol. The van der Waals surface area contributed by atoms with Crippen LogP contribution in [0.3, 0.4) is 0 Å². The fourth-order valence-corrected chi connectivity index (χ4v) is 2.67. The van der Waals surface area contributed by atoms with Crippen molar-refractivity contribution in [1.29, 1.82) is 0 Å². The van der Waals surface area contributed by atoms with Gasteiger partial charge in [-0.05, 0) is 24.8 Å². The standard InChI is InChI=1S/C9H8N2OS/c12-9-8-6(4-10-11-9)3-7(13-8)5-1-2-5/h3-5H,1-2H2,(H,11,12). The number of fused-ring (bicyclic) bond motifs is 1. The topological polar surface area (TPSA) is 45.8 Å². The maximum atomic E-state index is 11.3. The number of hydrogen-bond acceptors (Lipinski definition) is 3. The lowest BCUT2D eigenvalue weighted by atomic mass is 10.3. The molecule has 0 aliphatic heterocycles. The van der Waals surface area contributed by atoms with Crippen LogP contribution < -0.4 is 5.56 Å². The average Bonchev–Trinajstić information content (AvgIpc) is 2.87. The summed E-state index contributed by atoms with van der Waals surface area (Å²) in [4.78, 5) is 12.7. The van der Waals surface area contributed by atoms with Crippen molar-refractivity contribution in [2.45, 2.75) is 18.8 Å². The third kappa shape index (κ3) is 1.09. The highest BCUT2D eigenvalue weighted by Crippen LogP contribution is 2.44. The summed E-state index contributed by atoms with van der Waals surface area (Å²) in [5.74, 6) is 0.719. The lowest BCUT2D eigenvalue weighted by Gasteiger charge is -1.83. The van der Waals surface area contributed by atoms with Gasteiger partial charge in [-0.15, -0.1) is 11.3 Å². The minimum absolute atomic E-state index is 0.0607. The SMILES string of the molecule is O=c1[nH]ncc2cc(C3CC3)sc12. The van der Waals surface area contributed by atoms with E-state index in [-0.39, 0.29) is 5.56 Å². The summed E-state index contributed by atoms with van der Waals surface area (Å²) < 4.78 is 0.817. The van der Waals surface area contributed by atoms with E-state index in [1.807, 2.05) is 0 Å². The summed E-state index contributed by atoms with van der Waals surface area (Å²) in [5.41, 5.74) is -0.0607. The number of aromatic nitrogens is 2. The zero-order valence-corrected chi connectivity index (χ0v) is 7.73. The van der Waals surface area contributed by atoms with Gasteiger partial charge < -0.3 is 0 Å². The van der Waals surface area contributed by atoms with E-state index in [4.69, 9.17) is 0 Å². The van der Waals surface area contributed by atoms with E-state index >= 15 is 0 Å². The van der Waals surface area contributed by atoms with Crippen molar-refractivity contribution in [3.8, 4) is 0 Å². The maximum absolute atomic E-state index is 11.3. The highest BCUT2D eigenvalue weighted by Gasteiger charge is 2.25. The van der Waals surface area contributed by atoms with Crippen LogP contribution in [0.25, 0.3) is 10.1 Å². The van der Waals surface area contributed by atoms with Crippen LogP contribution in [0.1, 0.15) is 23.6 Å². The number of H-pyrrole nitrogens is 1. The van der Waals surface area contributed by atoms with Crippen LogP contribution in [-0.2, 0) is 0 Å². The first kappa shape index (κ1) is 7.26. The van der Waals surface area contributed by atoms with Crippen LogP contribution >= 0.6 is 11.3 Å². The van der Waals surface area contributed by atoms with Crippen molar-refractivity contribution in [2.75, 3.05) is 0 Å². The fourth-order valence-electron chi connectivity index (χ4n) is 1.48. The van der Waals surface area contributed by atoms with Gasteiger partial charge in [-0.1, -0.05) is 0 Å². The molecule has 1 aliphatic carbocycles. The molecule has 13 heavy (non-hydrogen) atoms. The first-order valence-corrected chi connectivity index (χ1v) is 5.13. The predicted octanol–water partition coefficient (Wildman–Crippen LogP) is 1.86. The van der Waals surface area contributed by atoms with E-state index in [0.29, 0.717) is 0 Å². The fraction of sp³-hybridized carbons (Fsp3) is 0.333. The molecule has 2 heterocycles. The Labute approximate surface area is 78.4 Å². The van der Waals surface area contributed by atoms with Crippen LogP contribution in [0.5, 0.6) is 0 Å². The summed E-state index contributed by atoms with van der Waals surface area (Å²) in [6, 6.07) is 2.10. The first-order chi connectivity index (χ1) is 6.34. The van der Waals surface area contributed by atoms with E-state index in [0.717, 1.165) is 16.0 Å². The second-order valence-corrected chi connectivity index (χ2v) is 4.49. The Hall–Kier alpha value is -1.16. The van der Waals surface area contributed by atoms with Crippen molar-refractivity contribution in [2.24, 2.45) is 0 Å². The Morgan fingerprint density at radius 2 is 2.38 bits per heavy atom. The van der Waals surface area contributed by atoms with Gasteiger partial charge in [0.1, 0.15) is 4.70 Å². The van der Waals surface area contributed by atoms with Crippen molar-refractivity contribution >= 4 is 21.4 Å². The second kappa shape index (κ2) is 2.42. The number of nitrogens with zero attached hydrogens (tertiary/aromatic N) is 1. The summed E-state index contributed by atoms with van der Waals surface area (Å²) in [6.45, 7) is 0. The van der Waals surface area contributed by atoms with Gasteiger partial charge in [0.25, 0.3) is 5.56 Å². The van der Waals surface area contributed by atoms with E-state index < -0.39 is 0 Å². The molecule has 0 spiro atoms. The van der Waals surface area contributed by atoms with Gasteiger partial charge in [0.2, 0.25) is 0 Å². The number of rotatable bonds is 1. The molecule has 4 heteroatoms. The summed E-state index contributed by atoms with van der Waals surface area (Å²) in [5, 5.41) is 7.21. The molecule has 1 saturated carbocycles. The number of thiophene rings is 1. The average molecular weight is 192 g/mol. The molecular formula is C9H8N2OS. The first-order valence-electron chi connectivity index (χ1n) is 4.32. The highest BCUT2D eigenvalue weighted by atomic mass is 32.1. The largest absolute Gasteiger partial charge is 0.282 e. The molecule has 0 bridgehead atoms. The molecule has 3 rings (SSSR count). The van der Waals surface area contributed by atoms with Gasteiger partial charge in [0, 0.05) is 10.3 Å². The Morgan fingerprint density at radius 1 is 1.54 bits per heavy atom. The molecule has 0 aromatic carbocycles. The van der Waals surface area contributed by atoms with Gasteiger partial charge in [-0.25, -0.2) is 5.10 Å². The van der Waals surface area contributed by atoms with Crippen LogP contribution in [0, 0.1) is 0 Å². The molecule has 2 aromatic rings. The Bertz CT molecular complexity index is 510. The third-order valence-corrected chi connectivity index (χ3v) is 3.65. The monoisotopic (exact) mass is 192 g/mol. The number of hydrogen-bond donors (Lipinski definition) is 1. The lowest BCUT2D eigenvalue weighted by Crippen LogP contribution is -2.04. The van der Waals surface area contributed by atoms with Crippen LogP contribution in [0.2, 0.25) is 0 Å². The van der Waals surface area contributed by atoms with Crippen LogP contribution in [0.15, 0.2) is 17.1 Å². The van der Waals surface area contributed by atoms with E-state index in [2.05, 4.69) is 16.3 Å². The van der Waals surface area contributed by atoms with Gasteiger partial charge in [-0.3, -0.25) is 4.79 Å². The summed E-state index contributed by atoms with van der Waals surface area (Å²) >= 11 is 1.61. The lowest BCUT2D eigenvalue weighted by molar-refractivity contribution is 1.01. The molecule has 66 valence electrons. The van der Waals surface area contributed by atoms with Crippen LogP contribution in [0.4, 0.5) is 0 Å². The van der Waals surface area contributed by atoms with Crippen LogP contribution in [-0.4, -0.2) is 10.2 Å². The molecule has 0 unspecified atom stereocenters. The van der Waals surface area contributed by atoms with E-state index in [1.165, 1.54) is 17.7 Å². The smallest absolute Gasteiger partial charge is 0.266 e. The molecule has 1 fully saturated rings. The van der Waals surface area contributed by atoms with E-state index in [1.54, 1.807) is 17.5 Å². The molecule has 0 amide bonds. The summed E-state index contributed by atoms with van der Waals surface area (Å²) in [7, 11) is 0. The molecule has 0 saturated heterocycles. The summed E-state index contributed by atoms with van der Waals surface area (Å²) in [6.07, 6.45) is 4.27. The molecule has 0 radical (unpaired) electrons. The second-order valence-electron chi connectivity index (χ2n) is 3.41.